The second-order valence-electron chi connectivity index (χ2n) is 3.51. The van der Waals surface area contributed by atoms with E-state index < -0.39 is 12.0 Å². The van der Waals surface area contributed by atoms with E-state index in [4.69, 9.17) is 16.6 Å². The van der Waals surface area contributed by atoms with Crippen LogP contribution in [-0.4, -0.2) is 34.6 Å². The Morgan fingerprint density at radius 3 is 2.75 bits per heavy atom. The minimum absolute atomic E-state index is 0.436. The van der Waals surface area contributed by atoms with Crippen LogP contribution in [0.3, 0.4) is 0 Å². The van der Waals surface area contributed by atoms with Crippen LogP contribution in [0.25, 0.3) is 0 Å². The lowest BCUT2D eigenvalue weighted by Gasteiger charge is -2.04. The summed E-state index contributed by atoms with van der Waals surface area (Å²) in [5.74, 6) is 0.0229. The van der Waals surface area contributed by atoms with E-state index in [1.54, 1.807) is 11.8 Å². The Morgan fingerprint density at radius 2 is 2.19 bits per heavy atom. The molecule has 94 valence electrons. The summed E-state index contributed by atoms with van der Waals surface area (Å²) >= 11 is 1.55. The first kappa shape index (κ1) is 15.2. The molecule has 0 unspecified atom stereocenters. The van der Waals surface area contributed by atoms with Crippen LogP contribution in [0.5, 0.6) is 0 Å². The average Bonchev–Trinajstić information content (AvgIpc) is 2.24. The van der Waals surface area contributed by atoms with Crippen LogP contribution >= 0.6 is 11.8 Å². The van der Waals surface area contributed by atoms with E-state index in [1.165, 1.54) is 0 Å². The number of aliphatic imine (C=N–C) groups is 1. The number of nitrogens with two attached hydrogens (primary N) is 2. The first-order valence-electron chi connectivity index (χ1n) is 5.49. The van der Waals surface area contributed by atoms with Gasteiger partial charge in [-0.3, -0.25) is 9.79 Å². The molecule has 5 N–H and O–H groups in total. The topological polar surface area (TPSA) is 102 Å². The van der Waals surface area contributed by atoms with Gasteiger partial charge in [-0.2, -0.15) is 0 Å². The molecule has 0 spiro atoms. The fourth-order valence-electron chi connectivity index (χ4n) is 0.991. The number of nitrogens with zero attached hydrogens (tertiary/aromatic N) is 1. The second kappa shape index (κ2) is 9.47. The monoisotopic (exact) mass is 247 g/mol. The van der Waals surface area contributed by atoms with E-state index >= 15 is 0 Å². The average molecular weight is 247 g/mol. The lowest BCUT2D eigenvalue weighted by atomic mass is 10.2. The van der Waals surface area contributed by atoms with Crippen molar-refractivity contribution in [1.82, 2.24) is 0 Å². The summed E-state index contributed by atoms with van der Waals surface area (Å²) < 4.78 is 0. The zero-order valence-electron chi connectivity index (χ0n) is 9.69. The molecule has 0 radical (unpaired) electrons. The molecule has 0 aliphatic carbocycles. The lowest BCUT2D eigenvalue weighted by molar-refractivity contribution is -0.138. The maximum absolute atomic E-state index is 10.4. The van der Waals surface area contributed by atoms with Gasteiger partial charge in [0.1, 0.15) is 6.04 Å². The molecule has 0 saturated carbocycles. The highest BCUT2D eigenvalue weighted by Gasteiger charge is 2.09. The van der Waals surface area contributed by atoms with Gasteiger partial charge in [-0.05, 0) is 19.3 Å². The smallest absolute Gasteiger partial charge is 0.320 e. The van der Waals surface area contributed by atoms with Crippen LogP contribution in [-0.2, 0) is 4.79 Å². The van der Waals surface area contributed by atoms with Gasteiger partial charge < -0.3 is 16.6 Å². The summed E-state index contributed by atoms with van der Waals surface area (Å²) in [6.07, 6.45) is 3.37. The van der Waals surface area contributed by atoms with Crippen LogP contribution in [0, 0.1) is 0 Å². The Morgan fingerprint density at radius 1 is 1.50 bits per heavy atom. The first-order chi connectivity index (χ1) is 7.57. The molecule has 0 amide bonds. The third-order valence-corrected chi connectivity index (χ3v) is 2.92. The van der Waals surface area contributed by atoms with Gasteiger partial charge in [0.25, 0.3) is 0 Å². The van der Waals surface area contributed by atoms with Crippen molar-refractivity contribution >= 4 is 22.9 Å². The Hall–Kier alpha value is -0.750. The highest BCUT2D eigenvalue weighted by molar-refractivity contribution is 8.13. The summed E-state index contributed by atoms with van der Waals surface area (Å²) in [5, 5.41) is 9.13. The lowest BCUT2D eigenvalue weighted by Crippen LogP contribution is -2.30. The molecule has 5 nitrogen and oxygen atoms in total. The third kappa shape index (κ3) is 8.55. The van der Waals surface area contributed by atoms with Gasteiger partial charge in [0.2, 0.25) is 0 Å². The van der Waals surface area contributed by atoms with E-state index in [0.29, 0.717) is 24.6 Å². The zero-order chi connectivity index (χ0) is 12.4. The fourth-order valence-corrected chi connectivity index (χ4v) is 1.82. The molecule has 0 aromatic carbocycles. The van der Waals surface area contributed by atoms with Crippen molar-refractivity contribution in [3.8, 4) is 0 Å². The molecule has 0 fully saturated rings. The number of hydrogen-bond acceptors (Lipinski definition) is 4. The number of aliphatic carboxylic acids is 1. The molecule has 0 rings (SSSR count). The highest BCUT2D eigenvalue weighted by atomic mass is 32.2. The van der Waals surface area contributed by atoms with Gasteiger partial charge in [0.15, 0.2) is 5.17 Å². The van der Waals surface area contributed by atoms with Crippen LogP contribution in [0.2, 0.25) is 0 Å². The number of rotatable bonds is 8. The summed E-state index contributed by atoms with van der Waals surface area (Å²) in [6.45, 7) is 2.67. The number of unbranched alkanes of at least 4 members (excludes halogenated alkanes) is 1. The number of carbonyl (C=O) groups is 1. The van der Waals surface area contributed by atoms with E-state index in [-0.39, 0.29) is 0 Å². The van der Waals surface area contributed by atoms with Crippen LogP contribution < -0.4 is 11.5 Å². The molecule has 0 aliphatic heterocycles. The van der Waals surface area contributed by atoms with Crippen LogP contribution in [0.15, 0.2) is 4.99 Å². The molecule has 6 heteroatoms. The van der Waals surface area contributed by atoms with Gasteiger partial charge >= 0.3 is 5.97 Å². The molecule has 0 aliphatic rings. The molecule has 0 heterocycles. The quantitative estimate of drug-likeness (QED) is 0.338. The summed E-state index contributed by atoms with van der Waals surface area (Å²) in [5.41, 5.74) is 11.0. The van der Waals surface area contributed by atoms with Crippen molar-refractivity contribution in [3.05, 3.63) is 0 Å². The SMILES string of the molecule is CCCCSC(N)=NCCC[C@H](N)C(=O)O. The molecular formula is C10H21N3O2S. The van der Waals surface area contributed by atoms with Gasteiger partial charge in [0, 0.05) is 12.3 Å². The highest BCUT2D eigenvalue weighted by Crippen LogP contribution is 2.04. The second-order valence-corrected chi connectivity index (χ2v) is 4.62. The maximum atomic E-state index is 10.4. The molecule has 0 aromatic heterocycles. The van der Waals surface area contributed by atoms with Crippen molar-refractivity contribution in [2.45, 2.75) is 38.6 Å². The van der Waals surface area contributed by atoms with Crippen molar-refractivity contribution in [1.29, 1.82) is 0 Å². The molecule has 16 heavy (non-hydrogen) atoms. The minimum Gasteiger partial charge on any atom is -0.480 e. The standard InChI is InChI=1S/C10H21N3O2S/c1-2-3-7-16-10(12)13-6-4-5-8(11)9(14)15/h8H,2-7,11H2,1H3,(H2,12,13)(H,14,15)/t8-/m0/s1. The van der Waals surface area contributed by atoms with Crippen molar-refractivity contribution in [2.24, 2.45) is 16.5 Å². The van der Waals surface area contributed by atoms with E-state index in [1.807, 2.05) is 0 Å². The third-order valence-electron chi connectivity index (χ3n) is 2.01. The normalized spacial score (nSPS) is 13.8. The number of carboxylic acid groups (broad SMARTS) is 1. The molecule has 1 atom stereocenters. The Balaban J connectivity index is 3.54. The van der Waals surface area contributed by atoms with Crippen LogP contribution in [0.4, 0.5) is 0 Å². The molecule has 0 saturated heterocycles. The maximum Gasteiger partial charge on any atom is 0.320 e. The summed E-state index contributed by atoms with van der Waals surface area (Å²) in [4.78, 5) is 14.5. The minimum atomic E-state index is -0.964. The van der Waals surface area contributed by atoms with E-state index in [9.17, 15) is 4.79 Å². The molecule has 0 aromatic rings. The van der Waals surface area contributed by atoms with Crippen LogP contribution in [0.1, 0.15) is 32.6 Å². The number of thioether (sulfide) groups is 1. The summed E-state index contributed by atoms with van der Waals surface area (Å²) in [6, 6.07) is -0.788. The van der Waals surface area contributed by atoms with Crippen molar-refractivity contribution in [2.75, 3.05) is 12.3 Å². The van der Waals surface area contributed by atoms with Gasteiger partial charge in [-0.1, -0.05) is 25.1 Å². The van der Waals surface area contributed by atoms with Gasteiger partial charge in [-0.25, -0.2) is 0 Å². The predicted molar refractivity (Wildman–Crippen MR) is 68.7 cm³/mol. The Bertz CT molecular complexity index is 234. The van der Waals surface area contributed by atoms with Crippen molar-refractivity contribution < 1.29 is 9.90 Å². The van der Waals surface area contributed by atoms with Gasteiger partial charge in [-0.15, -0.1) is 0 Å². The predicted octanol–water partition coefficient (Wildman–Crippen LogP) is 1.03. The van der Waals surface area contributed by atoms with E-state index in [0.717, 1.165) is 18.6 Å². The first-order valence-corrected chi connectivity index (χ1v) is 6.47. The number of hydrogen-bond donors (Lipinski definition) is 3. The van der Waals surface area contributed by atoms with Crippen molar-refractivity contribution in [3.63, 3.8) is 0 Å². The number of amidine groups is 1. The van der Waals surface area contributed by atoms with Gasteiger partial charge in [0.05, 0.1) is 0 Å². The fraction of sp³-hybridized carbons (Fsp3) is 0.800. The van der Waals surface area contributed by atoms with E-state index in [2.05, 4.69) is 11.9 Å². The number of carboxylic acids is 1. The molecule has 0 bridgehead atoms. The Labute approximate surface area is 101 Å². The largest absolute Gasteiger partial charge is 0.480 e. The zero-order valence-corrected chi connectivity index (χ0v) is 10.5. The Kier molecular flexibility index (Phi) is 9.03. The molecular weight excluding hydrogens is 226 g/mol. The summed E-state index contributed by atoms with van der Waals surface area (Å²) in [7, 11) is 0.